The first-order valence-electron chi connectivity index (χ1n) is 5.50. The highest BCUT2D eigenvalue weighted by Gasteiger charge is 2.50. The fraction of sp³-hybridized carbons (Fsp3) is 0.417. The third kappa shape index (κ3) is 1.30. The van der Waals surface area contributed by atoms with Crippen molar-refractivity contribution in [1.82, 2.24) is 0 Å². The van der Waals surface area contributed by atoms with Gasteiger partial charge in [0.2, 0.25) is 0 Å². The molecular formula is C12H13NO3. The summed E-state index contributed by atoms with van der Waals surface area (Å²) in [7, 11) is 0. The van der Waals surface area contributed by atoms with E-state index >= 15 is 0 Å². The number of rotatable bonds is 1. The second kappa shape index (κ2) is 3.22. The summed E-state index contributed by atoms with van der Waals surface area (Å²) < 4.78 is 0. The van der Waals surface area contributed by atoms with Crippen molar-refractivity contribution in [1.29, 1.82) is 0 Å². The molecule has 0 radical (unpaired) electrons. The van der Waals surface area contributed by atoms with Crippen molar-refractivity contribution in [3.63, 3.8) is 0 Å². The van der Waals surface area contributed by atoms with E-state index in [2.05, 4.69) is 0 Å². The molecule has 1 N–H and O–H groups in total. The standard InChI is InChI=1S/C12H13NO3/c14-10-5-2-1-4-9(10)13-11(15)8-12(16-13)6-3-7-12/h1-2,4-5,14H,3,6-8H2. The Morgan fingerprint density at radius 2 is 2.06 bits per heavy atom. The number of hydrogen-bond acceptors (Lipinski definition) is 3. The Kier molecular flexibility index (Phi) is 1.94. The first kappa shape index (κ1) is 9.66. The third-order valence-electron chi connectivity index (χ3n) is 3.35. The lowest BCUT2D eigenvalue weighted by Crippen LogP contribution is -2.37. The molecule has 1 aliphatic carbocycles. The van der Waals surface area contributed by atoms with Crippen molar-refractivity contribution in [3.05, 3.63) is 24.3 Å². The summed E-state index contributed by atoms with van der Waals surface area (Å²) in [6.45, 7) is 0. The minimum absolute atomic E-state index is 0.0683. The monoisotopic (exact) mass is 219 g/mol. The molecule has 1 saturated carbocycles. The van der Waals surface area contributed by atoms with Crippen molar-refractivity contribution in [2.75, 3.05) is 5.06 Å². The Morgan fingerprint density at radius 3 is 2.62 bits per heavy atom. The van der Waals surface area contributed by atoms with E-state index in [0.29, 0.717) is 12.1 Å². The van der Waals surface area contributed by atoms with Gasteiger partial charge in [-0.3, -0.25) is 9.63 Å². The fourth-order valence-corrected chi connectivity index (χ4v) is 2.28. The fourth-order valence-electron chi connectivity index (χ4n) is 2.28. The zero-order chi connectivity index (χ0) is 11.2. The van der Waals surface area contributed by atoms with Crippen LogP contribution in [0.15, 0.2) is 24.3 Å². The molecule has 1 saturated heterocycles. The average Bonchev–Trinajstić information content (AvgIpc) is 2.57. The van der Waals surface area contributed by atoms with Crippen molar-refractivity contribution in [2.45, 2.75) is 31.3 Å². The molecule has 1 amide bonds. The van der Waals surface area contributed by atoms with Crippen LogP contribution in [0.5, 0.6) is 5.75 Å². The second-order valence-electron chi connectivity index (χ2n) is 4.48. The molecule has 0 aromatic heterocycles. The average molecular weight is 219 g/mol. The van der Waals surface area contributed by atoms with Crippen LogP contribution in [0.1, 0.15) is 25.7 Å². The molecule has 1 aliphatic heterocycles. The first-order valence-corrected chi connectivity index (χ1v) is 5.50. The summed E-state index contributed by atoms with van der Waals surface area (Å²) in [5.74, 6) is 0.00780. The van der Waals surface area contributed by atoms with Gasteiger partial charge in [-0.1, -0.05) is 12.1 Å². The van der Waals surface area contributed by atoms with Crippen molar-refractivity contribution < 1.29 is 14.7 Å². The Balaban J connectivity index is 1.91. The van der Waals surface area contributed by atoms with Gasteiger partial charge in [0, 0.05) is 0 Å². The van der Waals surface area contributed by atoms with Crippen LogP contribution < -0.4 is 5.06 Å². The van der Waals surface area contributed by atoms with Gasteiger partial charge in [0.25, 0.3) is 5.91 Å². The van der Waals surface area contributed by atoms with Crippen LogP contribution in [0.3, 0.4) is 0 Å². The molecule has 16 heavy (non-hydrogen) atoms. The van der Waals surface area contributed by atoms with Gasteiger partial charge in [-0.15, -0.1) is 0 Å². The van der Waals surface area contributed by atoms with Gasteiger partial charge in [-0.25, -0.2) is 0 Å². The van der Waals surface area contributed by atoms with Gasteiger partial charge < -0.3 is 5.11 Å². The lowest BCUT2D eigenvalue weighted by Gasteiger charge is -2.35. The predicted molar refractivity (Wildman–Crippen MR) is 57.9 cm³/mol. The first-order chi connectivity index (χ1) is 7.70. The quantitative estimate of drug-likeness (QED) is 0.785. The van der Waals surface area contributed by atoms with Gasteiger partial charge in [0.15, 0.2) is 0 Å². The van der Waals surface area contributed by atoms with Crippen molar-refractivity contribution >= 4 is 11.6 Å². The largest absolute Gasteiger partial charge is 0.506 e. The Bertz CT molecular complexity index is 440. The molecule has 1 heterocycles. The molecule has 1 aromatic carbocycles. The Labute approximate surface area is 93.4 Å². The van der Waals surface area contributed by atoms with Gasteiger partial charge >= 0.3 is 0 Å². The summed E-state index contributed by atoms with van der Waals surface area (Å²) in [4.78, 5) is 17.5. The molecule has 0 bridgehead atoms. The highest BCUT2D eigenvalue weighted by Crippen LogP contribution is 2.46. The van der Waals surface area contributed by atoms with E-state index in [9.17, 15) is 9.90 Å². The third-order valence-corrected chi connectivity index (χ3v) is 3.35. The Morgan fingerprint density at radius 1 is 1.31 bits per heavy atom. The molecule has 4 heteroatoms. The molecule has 3 rings (SSSR count). The van der Waals surface area contributed by atoms with Crippen LogP contribution in [0, 0.1) is 0 Å². The highest BCUT2D eigenvalue weighted by molar-refractivity contribution is 5.95. The number of aromatic hydroxyl groups is 1. The smallest absolute Gasteiger partial charge is 0.254 e. The maximum absolute atomic E-state index is 11.8. The maximum Gasteiger partial charge on any atom is 0.254 e. The van der Waals surface area contributed by atoms with Crippen LogP contribution in [0.2, 0.25) is 0 Å². The van der Waals surface area contributed by atoms with Crippen LogP contribution in [-0.2, 0) is 9.63 Å². The number of carbonyl (C=O) groups excluding carboxylic acids is 1. The van der Waals surface area contributed by atoms with Crippen molar-refractivity contribution in [3.8, 4) is 5.75 Å². The normalized spacial score (nSPS) is 22.5. The second-order valence-corrected chi connectivity index (χ2v) is 4.48. The number of phenols is 1. The molecule has 2 fully saturated rings. The summed E-state index contributed by atoms with van der Waals surface area (Å²) in [6, 6.07) is 6.73. The summed E-state index contributed by atoms with van der Waals surface area (Å²) >= 11 is 0. The van der Waals surface area contributed by atoms with Crippen LogP contribution >= 0.6 is 0 Å². The van der Waals surface area contributed by atoms with E-state index < -0.39 is 0 Å². The van der Waals surface area contributed by atoms with Gasteiger partial charge in [-0.2, -0.15) is 5.06 Å². The molecular weight excluding hydrogens is 206 g/mol. The topological polar surface area (TPSA) is 49.8 Å². The summed E-state index contributed by atoms with van der Waals surface area (Å²) in [5.41, 5.74) is 0.163. The van der Waals surface area contributed by atoms with E-state index in [1.165, 1.54) is 5.06 Å². The minimum Gasteiger partial charge on any atom is -0.506 e. The molecule has 0 atom stereocenters. The lowest BCUT2D eigenvalue weighted by atomic mass is 9.78. The Hall–Kier alpha value is -1.55. The molecule has 1 aromatic rings. The van der Waals surface area contributed by atoms with Crippen LogP contribution in [-0.4, -0.2) is 16.6 Å². The zero-order valence-electron chi connectivity index (χ0n) is 8.85. The number of carbonyl (C=O) groups is 1. The van der Waals surface area contributed by atoms with Gasteiger partial charge in [-0.05, 0) is 31.4 Å². The number of anilines is 1. The molecule has 1 spiro atoms. The van der Waals surface area contributed by atoms with Gasteiger partial charge in [0.1, 0.15) is 17.0 Å². The predicted octanol–water partition coefficient (Wildman–Crippen LogP) is 1.98. The van der Waals surface area contributed by atoms with Crippen molar-refractivity contribution in [2.24, 2.45) is 0 Å². The van der Waals surface area contributed by atoms with E-state index in [1.54, 1.807) is 24.3 Å². The van der Waals surface area contributed by atoms with E-state index in [-0.39, 0.29) is 17.3 Å². The van der Waals surface area contributed by atoms with Crippen LogP contribution in [0.25, 0.3) is 0 Å². The van der Waals surface area contributed by atoms with Crippen LogP contribution in [0.4, 0.5) is 5.69 Å². The number of hydrogen-bond donors (Lipinski definition) is 1. The number of amides is 1. The molecule has 84 valence electrons. The number of nitrogens with zero attached hydrogens (tertiary/aromatic N) is 1. The number of hydroxylamine groups is 1. The minimum atomic E-state index is -0.278. The maximum atomic E-state index is 11.8. The summed E-state index contributed by atoms with van der Waals surface area (Å²) in [5, 5.41) is 10.9. The molecule has 0 unspecified atom stereocenters. The molecule has 4 nitrogen and oxygen atoms in total. The summed E-state index contributed by atoms with van der Waals surface area (Å²) in [6.07, 6.45) is 3.41. The van der Waals surface area contributed by atoms with Gasteiger partial charge in [0.05, 0.1) is 6.42 Å². The lowest BCUT2D eigenvalue weighted by molar-refractivity contribution is -0.120. The highest BCUT2D eigenvalue weighted by atomic mass is 16.7. The zero-order valence-corrected chi connectivity index (χ0v) is 8.85. The van der Waals surface area contributed by atoms with E-state index in [1.807, 2.05) is 0 Å². The number of para-hydroxylation sites is 2. The number of benzene rings is 1. The SMILES string of the molecule is O=C1CC2(CCC2)ON1c1ccccc1O. The van der Waals surface area contributed by atoms with E-state index in [4.69, 9.17) is 4.84 Å². The molecule has 2 aliphatic rings. The van der Waals surface area contributed by atoms with E-state index in [0.717, 1.165) is 19.3 Å². The number of phenolic OH excluding ortho intramolecular Hbond substituents is 1.